The maximum atomic E-state index is 13.8. The molecule has 2 fully saturated rings. The Hall–Kier alpha value is -3.67. The Labute approximate surface area is 212 Å². The normalized spacial score (nSPS) is 20.0. The van der Waals surface area contributed by atoms with Gasteiger partial charge in [0, 0.05) is 56.4 Å². The van der Waals surface area contributed by atoms with Gasteiger partial charge in [0.2, 0.25) is 5.91 Å². The topological polar surface area (TPSA) is 43.9 Å². The molecule has 0 aliphatic carbocycles. The Bertz CT molecular complexity index is 1230. The third kappa shape index (κ3) is 4.85. The standard InChI is InChI=1S/C30H32FN3O2/c1-21-7-9-23(10-8-21)26-19-34(29(35)24-11-13-25(31)14-12-24)20-27(26)30(36)33-17-15-32(16-18-33)28-6-4-3-5-22(28)2/h3-14,26-27H,15-20H2,1-2H3/t26-,27+/m1/s1. The van der Waals surface area contributed by atoms with Crippen LogP contribution >= 0.6 is 0 Å². The minimum atomic E-state index is -0.372. The van der Waals surface area contributed by atoms with Gasteiger partial charge in [0.25, 0.3) is 5.91 Å². The zero-order valence-corrected chi connectivity index (χ0v) is 20.9. The summed E-state index contributed by atoms with van der Waals surface area (Å²) >= 11 is 0. The van der Waals surface area contributed by atoms with Crippen molar-refractivity contribution in [1.82, 2.24) is 9.80 Å². The molecule has 3 aromatic carbocycles. The smallest absolute Gasteiger partial charge is 0.253 e. The largest absolute Gasteiger partial charge is 0.368 e. The van der Waals surface area contributed by atoms with Crippen LogP contribution < -0.4 is 4.90 Å². The number of rotatable bonds is 4. The highest BCUT2D eigenvalue weighted by Crippen LogP contribution is 2.35. The molecule has 2 atom stereocenters. The first-order valence-electron chi connectivity index (χ1n) is 12.6. The van der Waals surface area contributed by atoms with E-state index in [2.05, 4.69) is 54.3 Å². The van der Waals surface area contributed by atoms with Gasteiger partial charge in [-0.15, -0.1) is 0 Å². The second-order valence-corrected chi connectivity index (χ2v) is 9.94. The minimum Gasteiger partial charge on any atom is -0.368 e. The van der Waals surface area contributed by atoms with Crippen molar-refractivity contribution in [3.63, 3.8) is 0 Å². The fraction of sp³-hybridized carbons (Fsp3) is 0.333. The quantitative estimate of drug-likeness (QED) is 0.541. The van der Waals surface area contributed by atoms with Gasteiger partial charge in [-0.05, 0) is 55.3 Å². The summed E-state index contributed by atoms with van der Waals surface area (Å²) in [5.74, 6) is -0.798. The van der Waals surface area contributed by atoms with Gasteiger partial charge in [-0.25, -0.2) is 4.39 Å². The molecule has 0 bridgehead atoms. The second-order valence-electron chi connectivity index (χ2n) is 9.94. The number of piperazine rings is 1. The number of para-hydroxylation sites is 1. The van der Waals surface area contributed by atoms with Gasteiger partial charge in [-0.3, -0.25) is 9.59 Å². The predicted molar refractivity (Wildman–Crippen MR) is 140 cm³/mol. The van der Waals surface area contributed by atoms with E-state index in [1.165, 1.54) is 35.5 Å². The van der Waals surface area contributed by atoms with Gasteiger partial charge in [0.1, 0.15) is 5.82 Å². The van der Waals surface area contributed by atoms with Crippen molar-refractivity contribution in [2.75, 3.05) is 44.2 Å². The van der Waals surface area contributed by atoms with Gasteiger partial charge in [-0.2, -0.15) is 0 Å². The molecule has 2 aliphatic heterocycles. The molecule has 5 nitrogen and oxygen atoms in total. The van der Waals surface area contributed by atoms with Crippen molar-refractivity contribution in [3.05, 3.63) is 101 Å². The monoisotopic (exact) mass is 485 g/mol. The molecular weight excluding hydrogens is 453 g/mol. The lowest BCUT2D eigenvalue weighted by atomic mass is 9.87. The number of aryl methyl sites for hydroxylation is 2. The average molecular weight is 486 g/mol. The summed E-state index contributed by atoms with van der Waals surface area (Å²) in [6, 6.07) is 22.2. The molecular formula is C30H32FN3O2. The summed E-state index contributed by atoms with van der Waals surface area (Å²) in [7, 11) is 0. The Balaban J connectivity index is 1.34. The average Bonchev–Trinajstić information content (AvgIpc) is 3.35. The highest BCUT2D eigenvalue weighted by Gasteiger charge is 2.42. The van der Waals surface area contributed by atoms with Crippen LogP contribution in [0.3, 0.4) is 0 Å². The molecule has 2 aliphatic rings. The Morgan fingerprint density at radius 1 is 0.778 bits per heavy atom. The molecule has 3 aromatic rings. The highest BCUT2D eigenvalue weighted by molar-refractivity contribution is 5.95. The molecule has 0 saturated carbocycles. The fourth-order valence-electron chi connectivity index (χ4n) is 5.47. The number of carbonyl (C=O) groups is 2. The Morgan fingerprint density at radius 2 is 1.44 bits per heavy atom. The highest BCUT2D eigenvalue weighted by atomic mass is 19.1. The van der Waals surface area contributed by atoms with E-state index in [1.807, 2.05) is 17.9 Å². The molecule has 2 saturated heterocycles. The SMILES string of the molecule is Cc1ccc([C@H]2CN(C(=O)c3ccc(F)cc3)C[C@@H]2C(=O)N2CCN(c3ccccc3C)CC2)cc1. The molecule has 0 aromatic heterocycles. The summed E-state index contributed by atoms with van der Waals surface area (Å²) < 4.78 is 13.4. The Morgan fingerprint density at radius 3 is 2.11 bits per heavy atom. The molecule has 2 heterocycles. The van der Waals surface area contributed by atoms with E-state index in [4.69, 9.17) is 0 Å². The van der Waals surface area contributed by atoms with Crippen LogP contribution in [0.1, 0.15) is 33.0 Å². The first kappa shape index (κ1) is 24.0. The number of likely N-dealkylation sites (tertiary alicyclic amines) is 1. The van der Waals surface area contributed by atoms with Crippen LogP contribution in [0.15, 0.2) is 72.8 Å². The molecule has 2 amide bonds. The summed E-state index contributed by atoms with van der Waals surface area (Å²) in [6.45, 7) is 7.90. The van der Waals surface area contributed by atoms with Crippen molar-refractivity contribution in [2.24, 2.45) is 5.92 Å². The second kappa shape index (κ2) is 10.1. The number of nitrogens with zero attached hydrogens (tertiary/aromatic N) is 3. The van der Waals surface area contributed by atoms with Gasteiger partial charge in [0.15, 0.2) is 0 Å². The first-order chi connectivity index (χ1) is 17.4. The molecule has 5 rings (SSSR count). The lowest BCUT2D eigenvalue weighted by molar-refractivity contribution is -0.135. The van der Waals surface area contributed by atoms with E-state index in [0.29, 0.717) is 31.7 Å². The number of amides is 2. The van der Waals surface area contributed by atoms with Gasteiger partial charge < -0.3 is 14.7 Å². The van der Waals surface area contributed by atoms with E-state index < -0.39 is 0 Å². The van der Waals surface area contributed by atoms with E-state index in [-0.39, 0.29) is 29.5 Å². The van der Waals surface area contributed by atoms with E-state index >= 15 is 0 Å². The zero-order chi connectivity index (χ0) is 25.2. The van der Waals surface area contributed by atoms with E-state index in [1.54, 1.807) is 4.90 Å². The van der Waals surface area contributed by atoms with Crippen LogP contribution in [-0.2, 0) is 4.79 Å². The van der Waals surface area contributed by atoms with Gasteiger partial charge in [0.05, 0.1) is 5.92 Å². The molecule has 186 valence electrons. The van der Waals surface area contributed by atoms with Crippen LogP contribution in [0.25, 0.3) is 0 Å². The van der Waals surface area contributed by atoms with Crippen LogP contribution in [0, 0.1) is 25.6 Å². The van der Waals surface area contributed by atoms with Crippen LogP contribution in [-0.4, -0.2) is 60.9 Å². The van der Waals surface area contributed by atoms with Crippen molar-refractivity contribution in [3.8, 4) is 0 Å². The first-order valence-corrected chi connectivity index (χ1v) is 12.6. The fourth-order valence-corrected chi connectivity index (χ4v) is 5.47. The number of carbonyl (C=O) groups excluding carboxylic acids is 2. The molecule has 0 radical (unpaired) electrons. The third-order valence-electron chi connectivity index (χ3n) is 7.57. The molecule has 0 N–H and O–H groups in total. The summed E-state index contributed by atoms with van der Waals surface area (Å²) in [5.41, 5.74) is 5.14. The number of hydrogen-bond donors (Lipinski definition) is 0. The van der Waals surface area contributed by atoms with Gasteiger partial charge in [-0.1, -0.05) is 48.0 Å². The van der Waals surface area contributed by atoms with E-state index in [0.717, 1.165) is 24.2 Å². The van der Waals surface area contributed by atoms with Crippen molar-refractivity contribution < 1.29 is 14.0 Å². The van der Waals surface area contributed by atoms with Crippen LogP contribution in [0.4, 0.5) is 10.1 Å². The molecule has 0 unspecified atom stereocenters. The maximum Gasteiger partial charge on any atom is 0.253 e. The number of halogens is 1. The number of benzene rings is 3. The molecule has 36 heavy (non-hydrogen) atoms. The summed E-state index contributed by atoms with van der Waals surface area (Å²) in [5, 5.41) is 0. The van der Waals surface area contributed by atoms with Crippen LogP contribution in [0.5, 0.6) is 0 Å². The van der Waals surface area contributed by atoms with Crippen molar-refractivity contribution in [1.29, 1.82) is 0 Å². The van der Waals surface area contributed by atoms with Crippen molar-refractivity contribution in [2.45, 2.75) is 19.8 Å². The minimum absolute atomic E-state index is 0.0723. The lowest BCUT2D eigenvalue weighted by Crippen LogP contribution is -2.51. The van der Waals surface area contributed by atoms with Crippen molar-refractivity contribution >= 4 is 17.5 Å². The molecule has 6 heteroatoms. The summed E-state index contributed by atoms with van der Waals surface area (Å²) in [4.78, 5) is 33.1. The number of hydrogen-bond acceptors (Lipinski definition) is 3. The predicted octanol–water partition coefficient (Wildman–Crippen LogP) is 4.65. The Kier molecular flexibility index (Phi) is 6.77. The maximum absolute atomic E-state index is 13.8. The zero-order valence-electron chi connectivity index (χ0n) is 20.9. The van der Waals surface area contributed by atoms with Crippen LogP contribution in [0.2, 0.25) is 0 Å². The summed E-state index contributed by atoms with van der Waals surface area (Å²) in [6.07, 6.45) is 0. The lowest BCUT2D eigenvalue weighted by Gasteiger charge is -2.38. The molecule has 0 spiro atoms. The van der Waals surface area contributed by atoms with Gasteiger partial charge >= 0.3 is 0 Å². The number of anilines is 1. The third-order valence-corrected chi connectivity index (χ3v) is 7.57. The van der Waals surface area contributed by atoms with E-state index in [9.17, 15) is 14.0 Å².